The molecule has 0 bridgehead atoms. The Morgan fingerprint density at radius 2 is 1.48 bits per heavy atom. The van der Waals surface area contributed by atoms with Gasteiger partial charge in [-0.1, -0.05) is 77.9 Å². The topological polar surface area (TPSA) is 54.4 Å². The molecule has 0 aliphatic carbocycles. The van der Waals surface area contributed by atoms with Crippen molar-refractivity contribution in [3.63, 3.8) is 0 Å². The number of aliphatic hydroxyl groups excluding tert-OH is 1. The molecule has 0 saturated heterocycles. The summed E-state index contributed by atoms with van der Waals surface area (Å²) in [5, 5.41) is 8.29. The average Bonchev–Trinajstić information content (AvgIpc) is 2.61. The predicted octanol–water partition coefficient (Wildman–Crippen LogP) is 6.20. The minimum absolute atomic E-state index is 0.149. The van der Waals surface area contributed by atoms with Crippen LogP contribution in [0.5, 0.6) is 0 Å². The van der Waals surface area contributed by atoms with E-state index in [1.165, 1.54) is 38.5 Å². The van der Waals surface area contributed by atoms with Gasteiger partial charge >= 0.3 is 0 Å². The first-order valence-electron chi connectivity index (χ1n) is 9.99. The standard InChI is InChI=1S/C10H16O.C6H14O.C6H12O/c1-3-5-6-7-9-10(11)8-4-2;2*1-2-3-4-5-6-7/h4,7,9H,2-3,5-6,8H2,1H3;7H,2-6H2,1H3;6H,2-5H2,1H3. The molecule has 3 nitrogen and oxygen atoms in total. The second-order valence-electron chi connectivity index (χ2n) is 5.95. The fourth-order valence-corrected chi connectivity index (χ4v) is 1.76. The van der Waals surface area contributed by atoms with Crippen molar-refractivity contribution in [2.75, 3.05) is 6.61 Å². The Hall–Kier alpha value is -1.22. The van der Waals surface area contributed by atoms with Gasteiger partial charge in [0.25, 0.3) is 0 Å². The van der Waals surface area contributed by atoms with Crippen molar-refractivity contribution in [2.24, 2.45) is 0 Å². The quantitative estimate of drug-likeness (QED) is 0.175. The van der Waals surface area contributed by atoms with Crippen molar-refractivity contribution in [3.8, 4) is 0 Å². The van der Waals surface area contributed by atoms with Crippen LogP contribution < -0.4 is 0 Å². The maximum Gasteiger partial charge on any atom is 0.159 e. The summed E-state index contributed by atoms with van der Waals surface area (Å²) in [5.74, 6) is 0.149. The Balaban J connectivity index is -0.000000304. The summed E-state index contributed by atoms with van der Waals surface area (Å²) in [7, 11) is 0. The first kappa shape index (κ1) is 28.6. The van der Waals surface area contributed by atoms with Crippen molar-refractivity contribution in [2.45, 2.75) is 97.8 Å². The molecule has 0 spiro atoms. The number of carbonyl (C=O) groups excluding carboxylic acids is 2. The molecule has 148 valence electrons. The third-order valence-electron chi connectivity index (χ3n) is 3.31. The van der Waals surface area contributed by atoms with E-state index >= 15 is 0 Å². The number of carbonyl (C=O) groups is 2. The molecule has 0 fully saturated rings. The molecule has 0 radical (unpaired) electrons. The van der Waals surface area contributed by atoms with Gasteiger partial charge in [0.2, 0.25) is 0 Å². The molecule has 0 aromatic carbocycles. The van der Waals surface area contributed by atoms with Gasteiger partial charge in [-0.25, -0.2) is 0 Å². The van der Waals surface area contributed by atoms with Crippen LogP contribution in [0.4, 0.5) is 0 Å². The predicted molar refractivity (Wildman–Crippen MR) is 110 cm³/mol. The minimum Gasteiger partial charge on any atom is -0.396 e. The first-order chi connectivity index (χ1) is 12.1. The van der Waals surface area contributed by atoms with Gasteiger partial charge < -0.3 is 9.90 Å². The van der Waals surface area contributed by atoms with E-state index in [1.807, 2.05) is 6.08 Å². The van der Waals surface area contributed by atoms with E-state index in [0.29, 0.717) is 13.0 Å². The Morgan fingerprint density at radius 1 is 0.880 bits per heavy atom. The molecule has 0 heterocycles. The molecule has 0 aromatic heterocycles. The maximum absolute atomic E-state index is 10.8. The Kier molecular flexibility index (Phi) is 35.0. The fourth-order valence-electron chi connectivity index (χ4n) is 1.76. The highest BCUT2D eigenvalue weighted by Gasteiger charge is 1.89. The summed E-state index contributed by atoms with van der Waals surface area (Å²) < 4.78 is 0. The summed E-state index contributed by atoms with van der Waals surface area (Å²) in [6, 6.07) is 0. The van der Waals surface area contributed by atoms with Gasteiger partial charge in [0, 0.05) is 19.4 Å². The lowest BCUT2D eigenvalue weighted by molar-refractivity contribution is -0.113. The third kappa shape index (κ3) is 39.5. The van der Waals surface area contributed by atoms with Crippen LogP contribution in [-0.2, 0) is 9.59 Å². The van der Waals surface area contributed by atoms with E-state index in [2.05, 4.69) is 27.4 Å². The fraction of sp³-hybridized carbons (Fsp3) is 0.727. The zero-order valence-electron chi connectivity index (χ0n) is 17.0. The van der Waals surface area contributed by atoms with Gasteiger partial charge in [0.1, 0.15) is 6.29 Å². The molecule has 0 atom stereocenters. The zero-order valence-corrected chi connectivity index (χ0v) is 17.0. The van der Waals surface area contributed by atoms with Crippen LogP contribution in [0.1, 0.15) is 97.8 Å². The number of hydrogen-bond donors (Lipinski definition) is 1. The van der Waals surface area contributed by atoms with Crippen LogP contribution in [0.3, 0.4) is 0 Å². The van der Waals surface area contributed by atoms with E-state index in [9.17, 15) is 9.59 Å². The first-order valence-corrected chi connectivity index (χ1v) is 9.99. The second-order valence-corrected chi connectivity index (χ2v) is 5.95. The van der Waals surface area contributed by atoms with Gasteiger partial charge in [-0.05, 0) is 25.3 Å². The van der Waals surface area contributed by atoms with Crippen molar-refractivity contribution in [3.05, 3.63) is 24.8 Å². The van der Waals surface area contributed by atoms with Crippen LogP contribution in [0.2, 0.25) is 0 Å². The zero-order chi connectivity index (χ0) is 19.6. The molecular formula is C22H42O3. The molecule has 0 aromatic rings. The number of unbranched alkanes of at least 4 members (excludes halogenated alkanes) is 8. The van der Waals surface area contributed by atoms with Crippen molar-refractivity contribution in [1.29, 1.82) is 0 Å². The normalized spacial score (nSPS) is 9.60. The Morgan fingerprint density at radius 3 is 1.96 bits per heavy atom. The number of aliphatic hydroxyl groups is 1. The molecule has 0 aliphatic rings. The number of ketones is 1. The lowest BCUT2D eigenvalue weighted by Gasteiger charge is -1.90. The minimum atomic E-state index is 0.149. The molecule has 0 aliphatic heterocycles. The molecule has 0 rings (SSSR count). The summed E-state index contributed by atoms with van der Waals surface area (Å²) in [6.07, 6.45) is 18.9. The molecule has 0 amide bonds. The summed E-state index contributed by atoms with van der Waals surface area (Å²) in [5.41, 5.74) is 0. The number of hydrogen-bond acceptors (Lipinski definition) is 3. The van der Waals surface area contributed by atoms with Crippen LogP contribution >= 0.6 is 0 Å². The number of rotatable bonds is 14. The van der Waals surface area contributed by atoms with Crippen molar-refractivity contribution in [1.82, 2.24) is 0 Å². The van der Waals surface area contributed by atoms with E-state index in [-0.39, 0.29) is 5.78 Å². The van der Waals surface area contributed by atoms with Crippen LogP contribution in [0, 0.1) is 0 Å². The number of aldehydes is 1. The molecule has 25 heavy (non-hydrogen) atoms. The van der Waals surface area contributed by atoms with E-state index in [4.69, 9.17) is 5.11 Å². The van der Waals surface area contributed by atoms with Crippen LogP contribution in [-0.4, -0.2) is 23.8 Å². The Bertz CT molecular complexity index is 292. The summed E-state index contributed by atoms with van der Waals surface area (Å²) in [6.45, 7) is 10.3. The lowest BCUT2D eigenvalue weighted by atomic mass is 10.2. The van der Waals surface area contributed by atoms with Gasteiger partial charge in [-0.3, -0.25) is 4.79 Å². The smallest absolute Gasteiger partial charge is 0.159 e. The monoisotopic (exact) mass is 354 g/mol. The van der Waals surface area contributed by atoms with Gasteiger partial charge in [0.15, 0.2) is 5.78 Å². The third-order valence-corrected chi connectivity index (χ3v) is 3.31. The van der Waals surface area contributed by atoms with Gasteiger partial charge in [0.05, 0.1) is 0 Å². The molecule has 0 saturated carbocycles. The van der Waals surface area contributed by atoms with E-state index < -0.39 is 0 Å². The van der Waals surface area contributed by atoms with E-state index in [0.717, 1.165) is 38.4 Å². The SMILES string of the molecule is C=CCC(=O)C=CCCCC.CCCCCC=O.CCCCCCO. The second kappa shape index (κ2) is 30.6. The highest BCUT2D eigenvalue weighted by Crippen LogP contribution is 1.97. The van der Waals surface area contributed by atoms with E-state index in [1.54, 1.807) is 12.2 Å². The molecular weight excluding hydrogens is 312 g/mol. The summed E-state index contributed by atoms with van der Waals surface area (Å²) in [4.78, 5) is 20.5. The van der Waals surface area contributed by atoms with Crippen molar-refractivity contribution < 1.29 is 14.7 Å². The maximum atomic E-state index is 10.8. The molecule has 3 heteroatoms. The van der Waals surface area contributed by atoms with Gasteiger partial charge in [-0.2, -0.15) is 0 Å². The Labute approximate surface area is 156 Å². The largest absolute Gasteiger partial charge is 0.396 e. The molecule has 1 N–H and O–H groups in total. The van der Waals surface area contributed by atoms with Crippen LogP contribution in [0.15, 0.2) is 24.8 Å². The summed E-state index contributed by atoms with van der Waals surface area (Å²) >= 11 is 0. The van der Waals surface area contributed by atoms with Crippen molar-refractivity contribution >= 4 is 12.1 Å². The number of allylic oxidation sites excluding steroid dienone is 3. The van der Waals surface area contributed by atoms with Gasteiger partial charge in [-0.15, -0.1) is 6.58 Å². The highest BCUT2D eigenvalue weighted by molar-refractivity contribution is 5.90. The average molecular weight is 355 g/mol. The lowest BCUT2D eigenvalue weighted by Crippen LogP contribution is -1.87. The molecule has 0 unspecified atom stereocenters. The van der Waals surface area contributed by atoms with Crippen LogP contribution in [0.25, 0.3) is 0 Å². The highest BCUT2D eigenvalue weighted by atomic mass is 16.2.